The van der Waals surface area contributed by atoms with Crippen LogP contribution in [0, 0.1) is 5.92 Å². The third-order valence-corrected chi connectivity index (χ3v) is 4.29. The van der Waals surface area contributed by atoms with Crippen molar-refractivity contribution in [2.45, 2.75) is 12.8 Å². The van der Waals surface area contributed by atoms with Crippen molar-refractivity contribution in [3.8, 4) is 11.5 Å². The molecule has 0 aromatic heterocycles. The molecular weight excluding hydrogens is 288 g/mol. The first kappa shape index (κ1) is 15.6. The van der Waals surface area contributed by atoms with Gasteiger partial charge in [-0.25, -0.2) is 0 Å². The Morgan fingerprint density at radius 2 is 1.74 bits per heavy atom. The number of benzene rings is 2. The molecule has 120 valence electrons. The van der Waals surface area contributed by atoms with E-state index >= 15 is 0 Å². The molecule has 2 aromatic rings. The van der Waals surface area contributed by atoms with Crippen LogP contribution in [-0.4, -0.2) is 30.4 Å². The number of piperidine rings is 1. The van der Waals surface area contributed by atoms with Gasteiger partial charge in [-0.05, 0) is 55.6 Å². The molecule has 4 heteroatoms. The molecule has 1 aliphatic heterocycles. The van der Waals surface area contributed by atoms with E-state index in [0.29, 0.717) is 23.8 Å². The third kappa shape index (κ3) is 3.90. The van der Waals surface area contributed by atoms with E-state index in [0.717, 1.165) is 31.7 Å². The largest absolute Gasteiger partial charge is 0.457 e. The quantitative estimate of drug-likeness (QED) is 0.943. The Morgan fingerprint density at radius 3 is 2.43 bits per heavy atom. The lowest BCUT2D eigenvalue weighted by Crippen LogP contribution is -2.40. The molecule has 0 saturated carbocycles. The molecule has 2 N–H and O–H groups in total. The Kier molecular flexibility index (Phi) is 4.93. The first-order valence-corrected chi connectivity index (χ1v) is 8.08. The van der Waals surface area contributed by atoms with Crippen LogP contribution >= 0.6 is 0 Å². The highest BCUT2D eigenvalue weighted by Crippen LogP contribution is 2.23. The summed E-state index contributed by atoms with van der Waals surface area (Å²) in [7, 11) is 0. The molecule has 2 aromatic carbocycles. The molecule has 1 aliphatic rings. The van der Waals surface area contributed by atoms with Crippen LogP contribution in [0.1, 0.15) is 23.2 Å². The molecule has 0 spiro atoms. The van der Waals surface area contributed by atoms with Crippen LogP contribution in [0.15, 0.2) is 54.6 Å². The summed E-state index contributed by atoms with van der Waals surface area (Å²) < 4.78 is 5.80. The lowest BCUT2D eigenvalue weighted by atomic mass is 9.96. The van der Waals surface area contributed by atoms with Crippen LogP contribution in [0.3, 0.4) is 0 Å². The highest BCUT2D eigenvalue weighted by atomic mass is 16.5. The lowest BCUT2D eigenvalue weighted by Gasteiger charge is -2.31. The van der Waals surface area contributed by atoms with Crippen molar-refractivity contribution in [3.63, 3.8) is 0 Å². The lowest BCUT2D eigenvalue weighted by molar-refractivity contribution is 0.0693. The van der Waals surface area contributed by atoms with E-state index in [1.54, 1.807) is 0 Å². The maximum atomic E-state index is 12.6. The smallest absolute Gasteiger partial charge is 0.253 e. The molecule has 0 atom stereocenters. The van der Waals surface area contributed by atoms with Gasteiger partial charge in [-0.15, -0.1) is 0 Å². The number of likely N-dealkylation sites (tertiary alicyclic amines) is 1. The van der Waals surface area contributed by atoms with Gasteiger partial charge in [0.1, 0.15) is 11.5 Å². The number of nitrogens with zero attached hydrogens (tertiary/aromatic N) is 1. The van der Waals surface area contributed by atoms with Crippen LogP contribution in [0.4, 0.5) is 0 Å². The molecule has 1 heterocycles. The van der Waals surface area contributed by atoms with E-state index in [4.69, 9.17) is 10.5 Å². The maximum absolute atomic E-state index is 12.6. The van der Waals surface area contributed by atoms with Crippen molar-refractivity contribution in [2.75, 3.05) is 19.6 Å². The van der Waals surface area contributed by atoms with Crippen molar-refractivity contribution < 1.29 is 9.53 Å². The third-order valence-electron chi connectivity index (χ3n) is 4.29. The Bertz CT molecular complexity index is 649. The minimum atomic E-state index is 0.0685. The Balaban J connectivity index is 1.68. The number of hydrogen-bond acceptors (Lipinski definition) is 3. The standard InChI is InChI=1S/C19H22N2O2/c20-14-15-9-11-21(12-10-15)19(22)16-5-4-8-18(13-16)23-17-6-2-1-3-7-17/h1-8,13,15H,9-12,14,20H2. The second-order valence-corrected chi connectivity index (χ2v) is 5.91. The van der Waals surface area contributed by atoms with Crippen LogP contribution in [0.2, 0.25) is 0 Å². The second kappa shape index (κ2) is 7.29. The van der Waals surface area contributed by atoms with Crippen molar-refractivity contribution in [1.82, 2.24) is 4.90 Å². The maximum Gasteiger partial charge on any atom is 0.253 e. The van der Waals surface area contributed by atoms with E-state index in [9.17, 15) is 4.79 Å². The fourth-order valence-electron chi connectivity index (χ4n) is 2.87. The molecule has 1 fully saturated rings. The van der Waals surface area contributed by atoms with Gasteiger partial charge in [0.05, 0.1) is 0 Å². The minimum absolute atomic E-state index is 0.0685. The van der Waals surface area contributed by atoms with Gasteiger partial charge in [-0.1, -0.05) is 24.3 Å². The molecule has 1 saturated heterocycles. The molecule has 0 radical (unpaired) electrons. The summed E-state index contributed by atoms with van der Waals surface area (Å²) in [6.07, 6.45) is 1.98. The summed E-state index contributed by atoms with van der Waals surface area (Å²) in [5.74, 6) is 2.06. The fourth-order valence-corrected chi connectivity index (χ4v) is 2.87. The van der Waals surface area contributed by atoms with Gasteiger partial charge in [0, 0.05) is 18.7 Å². The van der Waals surface area contributed by atoms with E-state index in [-0.39, 0.29) is 5.91 Å². The topological polar surface area (TPSA) is 55.6 Å². The number of amides is 1. The van der Waals surface area contributed by atoms with Gasteiger partial charge in [-0.2, -0.15) is 0 Å². The monoisotopic (exact) mass is 310 g/mol. The predicted octanol–water partition coefficient (Wildman–Crippen LogP) is 3.29. The van der Waals surface area contributed by atoms with Crippen LogP contribution in [0.25, 0.3) is 0 Å². The van der Waals surface area contributed by atoms with Crippen molar-refractivity contribution in [3.05, 3.63) is 60.2 Å². The number of para-hydroxylation sites is 1. The van der Waals surface area contributed by atoms with Crippen molar-refractivity contribution >= 4 is 5.91 Å². The SMILES string of the molecule is NCC1CCN(C(=O)c2cccc(Oc3ccccc3)c2)CC1. The molecule has 0 bridgehead atoms. The van der Waals surface area contributed by atoms with E-state index < -0.39 is 0 Å². The van der Waals surface area contributed by atoms with Crippen molar-refractivity contribution in [1.29, 1.82) is 0 Å². The van der Waals surface area contributed by atoms with Gasteiger partial charge in [0.2, 0.25) is 0 Å². The van der Waals surface area contributed by atoms with Crippen LogP contribution < -0.4 is 10.5 Å². The molecule has 1 amide bonds. The second-order valence-electron chi connectivity index (χ2n) is 5.91. The van der Waals surface area contributed by atoms with E-state index in [2.05, 4.69) is 0 Å². The van der Waals surface area contributed by atoms with Crippen LogP contribution in [0.5, 0.6) is 11.5 Å². The number of rotatable bonds is 4. The Labute approximate surface area is 136 Å². The molecule has 23 heavy (non-hydrogen) atoms. The van der Waals surface area contributed by atoms with E-state index in [1.165, 1.54) is 0 Å². The van der Waals surface area contributed by atoms with Crippen LogP contribution in [-0.2, 0) is 0 Å². The van der Waals surface area contributed by atoms with Gasteiger partial charge in [0.25, 0.3) is 5.91 Å². The molecule has 0 unspecified atom stereocenters. The summed E-state index contributed by atoms with van der Waals surface area (Å²) in [5, 5.41) is 0. The highest BCUT2D eigenvalue weighted by molar-refractivity contribution is 5.94. The summed E-state index contributed by atoms with van der Waals surface area (Å²) >= 11 is 0. The minimum Gasteiger partial charge on any atom is -0.457 e. The number of hydrogen-bond donors (Lipinski definition) is 1. The summed E-state index contributed by atoms with van der Waals surface area (Å²) in [4.78, 5) is 14.5. The van der Waals surface area contributed by atoms with Gasteiger partial charge < -0.3 is 15.4 Å². The van der Waals surface area contributed by atoms with Gasteiger partial charge >= 0.3 is 0 Å². The van der Waals surface area contributed by atoms with Crippen molar-refractivity contribution in [2.24, 2.45) is 11.7 Å². The summed E-state index contributed by atoms with van der Waals surface area (Å²) in [6, 6.07) is 17.0. The number of carbonyl (C=O) groups excluding carboxylic acids is 1. The normalized spacial score (nSPS) is 15.4. The zero-order chi connectivity index (χ0) is 16.1. The predicted molar refractivity (Wildman–Crippen MR) is 90.6 cm³/mol. The number of nitrogens with two attached hydrogens (primary N) is 1. The number of carbonyl (C=O) groups is 1. The van der Waals surface area contributed by atoms with E-state index in [1.807, 2.05) is 59.5 Å². The van der Waals surface area contributed by atoms with Gasteiger partial charge in [0.15, 0.2) is 0 Å². The molecule has 0 aliphatic carbocycles. The Hall–Kier alpha value is -2.33. The fraction of sp³-hybridized carbons (Fsp3) is 0.316. The zero-order valence-corrected chi connectivity index (χ0v) is 13.2. The zero-order valence-electron chi connectivity index (χ0n) is 13.2. The molecular formula is C19H22N2O2. The summed E-state index contributed by atoms with van der Waals surface area (Å²) in [5.41, 5.74) is 6.38. The van der Waals surface area contributed by atoms with Gasteiger partial charge in [-0.3, -0.25) is 4.79 Å². The average Bonchev–Trinajstić information content (AvgIpc) is 2.62. The molecule has 3 rings (SSSR count). The highest BCUT2D eigenvalue weighted by Gasteiger charge is 2.23. The number of ether oxygens (including phenoxy) is 1. The molecule has 4 nitrogen and oxygen atoms in total. The first-order chi connectivity index (χ1) is 11.3. The summed E-state index contributed by atoms with van der Waals surface area (Å²) in [6.45, 7) is 2.28. The Morgan fingerprint density at radius 1 is 1.04 bits per heavy atom. The average molecular weight is 310 g/mol. The first-order valence-electron chi connectivity index (χ1n) is 8.08.